The molecule has 80 valence electrons. The minimum absolute atomic E-state index is 0.147. The molecule has 3 nitrogen and oxygen atoms in total. The van der Waals surface area contributed by atoms with Crippen LogP contribution in [0.25, 0.3) is 0 Å². The van der Waals surface area contributed by atoms with Gasteiger partial charge in [0.1, 0.15) is 0 Å². The number of hydrogen-bond acceptors (Lipinski definition) is 3. The molecule has 1 aromatic rings. The lowest BCUT2D eigenvalue weighted by Gasteiger charge is -2.03. The fourth-order valence-corrected chi connectivity index (χ4v) is 1.23. The van der Waals surface area contributed by atoms with Gasteiger partial charge in [0.25, 0.3) is 0 Å². The van der Waals surface area contributed by atoms with E-state index in [1.807, 2.05) is 19.1 Å². The van der Waals surface area contributed by atoms with Crippen molar-refractivity contribution in [1.82, 2.24) is 0 Å². The third kappa shape index (κ3) is 2.87. The SMILES string of the molecule is COC(=O)c1ccc(C)cc1C#CCC#N. The normalized spacial score (nSPS) is 8.56. The zero-order valence-corrected chi connectivity index (χ0v) is 9.20. The van der Waals surface area contributed by atoms with E-state index in [9.17, 15) is 4.79 Å². The van der Waals surface area contributed by atoms with E-state index >= 15 is 0 Å². The number of nitrogens with zero attached hydrogens (tertiary/aromatic N) is 1. The van der Waals surface area contributed by atoms with Crippen LogP contribution in [0.4, 0.5) is 0 Å². The molecule has 0 aliphatic heterocycles. The molecule has 3 heteroatoms. The van der Waals surface area contributed by atoms with Crippen molar-refractivity contribution in [3.8, 4) is 17.9 Å². The Kier molecular flexibility index (Phi) is 4.12. The molecule has 1 aromatic carbocycles. The van der Waals surface area contributed by atoms with Crippen LogP contribution in [0.2, 0.25) is 0 Å². The minimum atomic E-state index is -0.416. The molecule has 0 atom stereocenters. The van der Waals surface area contributed by atoms with Gasteiger partial charge in [-0.2, -0.15) is 5.26 Å². The molecule has 0 saturated heterocycles. The van der Waals surface area contributed by atoms with Gasteiger partial charge in [-0.05, 0) is 24.6 Å². The van der Waals surface area contributed by atoms with Gasteiger partial charge in [0, 0.05) is 5.56 Å². The Bertz CT molecular complexity index is 501. The summed E-state index contributed by atoms with van der Waals surface area (Å²) in [5.41, 5.74) is 2.04. The summed E-state index contributed by atoms with van der Waals surface area (Å²) in [5.74, 6) is 5.06. The molecule has 0 bridgehead atoms. The molecule has 0 N–H and O–H groups in total. The van der Waals surface area contributed by atoms with Gasteiger partial charge in [-0.1, -0.05) is 17.9 Å². The fraction of sp³-hybridized carbons (Fsp3) is 0.231. The number of methoxy groups -OCH3 is 1. The summed E-state index contributed by atoms with van der Waals surface area (Å²) in [5, 5.41) is 8.38. The third-order valence-electron chi connectivity index (χ3n) is 1.97. The summed E-state index contributed by atoms with van der Waals surface area (Å²) in [6.45, 7) is 1.91. The first kappa shape index (κ1) is 11.8. The first-order chi connectivity index (χ1) is 7.69. The van der Waals surface area contributed by atoms with Crippen molar-refractivity contribution in [2.45, 2.75) is 13.3 Å². The highest BCUT2D eigenvalue weighted by atomic mass is 16.5. The molecule has 0 aliphatic carbocycles. The largest absolute Gasteiger partial charge is 0.465 e. The lowest BCUT2D eigenvalue weighted by Crippen LogP contribution is -2.04. The summed E-state index contributed by atoms with van der Waals surface area (Å²) >= 11 is 0. The standard InChI is InChI=1S/C13H11NO2/c1-10-6-7-12(13(15)16-2)11(9-10)5-3-4-8-14/h6-7,9H,4H2,1-2H3. The van der Waals surface area contributed by atoms with Gasteiger partial charge >= 0.3 is 5.97 Å². The lowest BCUT2D eigenvalue weighted by molar-refractivity contribution is 0.0600. The first-order valence-electron chi connectivity index (χ1n) is 4.74. The van der Waals surface area contributed by atoms with Crippen molar-refractivity contribution < 1.29 is 9.53 Å². The summed E-state index contributed by atoms with van der Waals surface area (Å²) in [6.07, 6.45) is 0.147. The number of carbonyl (C=O) groups is 1. The first-order valence-corrected chi connectivity index (χ1v) is 4.74. The molecule has 0 amide bonds. The van der Waals surface area contributed by atoms with Crippen LogP contribution in [0, 0.1) is 30.1 Å². The minimum Gasteiger partial charge on any atom is -0.465 e. The van der Waals surface area contributed by atoms with Crippen molar-refractivity contribution in [3.63, 3.8) is 0 Å². The van der Waals surface area contributed by atoms with Crippen molar-refractivity contribution in [1.29, 1.82) is 5.26 Å². The van der Waals surface area contributed by atoms with Crippen molar-refractivity contribution in [2.24, 2.45) is 0 Å². The molecule has 0 heterocycles. The van der Waals surface area contributed by atoms with Gasteiger partial charge in [0.2, 0.25) is 0 Å². The fourth-order valence-electron chi connectivity index (χ4n) is 1.23. The molecule has 0 radical (unpaired) electrons. The number of nitriles is 1. The molecule has 0 aromatic heterocycles. The Hall–Kier alpha value is -2.26. The van der Waals surface area contributed by atoms with Crippen LogP contribution in [0.15, 0.2) is 18.2 Å². The van der Waals surface area contributed by atoms with E-state index in [0.29, 0.717) is 11.1 Å². The van der Waals surface area contributed by atoms with Crippen molar-refractivity contribution in [2.75, 3.05) is 7.11 Å². The van der Waals surface area contributed by atoms with Gasteiger partial charge in [-0.3, -0.25) is 0 Å². The average Bonchev–Trinajstić information content (AvgIpc) is 2.29. The Morgan fingerprint density at radius 1 is 1.50 bits per heavy atom. The van der Waals surface area contributed by atoms with E-state index in [1.54, 1.807) is 12.1 Å². The van der Waals surface area contributed by atoms with E-state index in [1.165, 1.54) is 7.11 Å². The topological polar surface area (TPSA) is 50.1 Å². The van der Waals surface area contributed by atoms with Crippen LogP contribution in [-0.2, 0) is 4.74 Å². The zero-order valence-electron chi connectivity index (χ0n) is 9.20. The average molecular weight is 213 g/mol. The molecule has 0 unspecified atom stereocenters. The third-order valence-corrected chi connectivity index (χ3v) is 1.97. The summed E-state index contributed by atoms with van der Waals surface area (Å²) < 4.78 is 4.65. The number of carbonyl (C=O) groups excluding carboxylic acids is 1. The van der Waals surface area contributed by atoms with Crippen LogP contribution in [-0.4, -0.2) is 13.1 Å². The molecular weight excluding hydrogens is 202 g/mol. The quantitative estimate of drug-likeness (QED) is 0.530. The van der Waals surface area contributed by atoms with Gasteiger partial charge in [0.15, 0.2) is 0 Å². The highest BCUT2D eigenvalue weighted by molar-refractivity contribution is 5.92. The van der Waals surface area contributed by atoms with E-state index in [2.05, 4.69) is 16.6 Å². The molecule has 0 spiro atoms. The summed E-state index contributed by atoms with van der Waals surface area (Å²) in [6, 6.07) is 7.23. The second-order valence-electron chi connectivity index (χ2n) is 3.18. The van der Waals surface area contributed by atoms with Crippen molar-refractivity contribution in [3.05, 3.63) is 34.9 Å². The van der Waals surface area contributed by atoms with Crippen LogP contribution in [0.3, 0.4) is 0 Å². The second-order valence-corrected chi connectivity index (χ2v) is 3.18. The predicted octanol–water partition coefficient (Wildman–Crippen LogP) is 2.05. The van der Waals surface area contributed by atoms with Crippen LogP contribution in [0.5, 0.6) is 0 Å². The number of rotatable bonds is 1. The molecule has 1 rings (SSSR count). The Morgan fingerprint density at radius 3 is 2.88 bits per heavy atom. The monoisotopic (exact) mass is 213 g/mol. The van der Waals surface area contributed by atoms with E-state index in [-0.39, 0.29) is 6.42 Å². The lowest BCUT2D eigenvalue weighted by atomic mass is 10.0. The maximum Gasteiger partial charge on any atom is 0.339 e. The highest BCUT2D eigenvalue weighted by Crippen LogP contribution is 2.11. The van der Waals surface area contributed by atoms with E-state index in [0.717, 1.165) is 5.56 Å². The number of benzene rings is 1. The van der Waals surface area contributed by atoms with Gasteiger partial charge in [-0.15, -0.1) is 0 Å². The Labute approximate surface area is 94.7 Å². The maximum absolute atomic E-state index is 11.4. The molecular formula is C13H11NO2. The van der Waals surface area contributed by atoms with Crippen LogP contribution >= 0.6 is 0 Å². The van der Waals surface area contributed by atoms with Gasteiger partial charge in [0.05, 0.1) is 25.2 Å². The second kappa shape index (κ2) is 5.58. The number of ether oxygens (including phenoxy) is 1. The molecule has 0 saturated carbocycles. The van der Waals surface area contributed by atoms with Gasteiger partial charge < -0.3 is 4.74 Å². The Balaban J connectivity index is 3.16. The number of hydrogen-bond donors (Lipinski definition) is 0. The van der Waals surface area contributed by atoms with Crippen molar-refractivity contribution >= 4 is 5.97 Å². The number of aryl methyl sites for hydroxylation is 1. The Morgan fingerprint density at radius 2 is 2.25 bits per heavy atom. The predicted molar refractivity (Wildman–Crippen MR) is 59.6 cm³/mol. The smallest absolute Gasteiger partial charge is 0.339 e. The van der Waals surface area contributed by atoms with Crippen LogP contribution < -0.4 is 0 Å². The number of esters is 1. The summed E-state index contributed by atoms with van der Waals surface area (Å²) in [4.78, 5) is 11.4. The molecule has 16 heavy (non-hydrogen) atoms. The highest BCUT2D eigenvalue weighted by Gasteiger charge is 2.09. The molecule has 0 aliphatic rings. The van der Waals surface area contributed by atoms with E-state index in [4.69, 9.17) is 5.26 Å². The van der Waals surface area contributed by atoms with Crippen LogP contribution in [0.1, 0.15) is 27.9 Å². The maximum atomic E-state index is 11.4. The molecule has 0 fully saturated rings. The summed E-state index contributed by atoms with van der Waals surface area (Å²) in [7, 11) is 1.33. The zero-order chi connectivity index (χ0) is 12.0. The van der Waals surface area contributed by atoms with Gasteiger partial charge in [-0.25, -0.2) is 4.79 Å². The van der Waals surface area contributed by atoms with E-state index < -0.39 is 5.97 Å².